The zero-order valence-corrected chi connectivity index (χ0v) is 8.90. The minimum Gasteiger partial charge on any atom is -0.388 e. The highest BCUT2D eigenvalue weighted by atomic mass is 16.3. The molecule has 2 atom stereocenters. The molecule has 0 radical (unpaired) electrons. The normalized spacial score (nSPS) is 17.1. The molecule has 0 unspecified atom stereocenters. The van der Waals surface area contributed by atoms with E-state index in [1.165, 1.54) is 0 Å². The van der Waals surface area contributed by atoms with Crippen LogP contribution in [-0.4, -0.2) is 5.11 Å². The van der Waals surface area contributed by atoms with Crippen LogP contribution in [0.15, 0.2) is 43.0 Å². The maximum Gasteiger partial charge on any atom is 0.0877 e. The van der Waals surface area contributed by atoms with Crippen LogP contribution in [0, 0.1) is 5.41 Å². The molecule has 0 heterocycles. The highest BCUT2D eigenvalue weighted by Gasteiger charge is 2.28. The van der Waals surface area contributed by atoms with E-state index in [1.807, 2.05) is 43.3 Å². The first-order valence-electron chi connectivity index (χ1n) is 5.00. The number of benzene rings is 1. The first kappa shape index (κ1) is 11.0. The minimum atomic E-state index is -0.466. The minimum absolute atomic E-state index is 0.235. The molecule has 0 aliphatic rings. The number of hydrogen-bond donors (Lipinski definition) is 1. The van der Waals surface area contributed by atoms with E-state index in [0.717, 1.165) is 12.0 Å². The molecule has 1 nitrogen and oxygen atoms in total. The summed E-state index contributed by atoms with van der Waals surface area (Å²) in [7, 11) is 0. The molecule has 0 aromatic heterocycles. The molecule has 1 rings (SSSR count). The van der Waals surface area contributed by atoms with Crippen molar-refractivity contribution in [2.45, 2.75) is 26.4 Å². The quantitative estimate of drug-likeness (QED) is 0.722. The van der Waals surface area contributed by atoms with Gasteiger partial charge in [0, 0.05) is 5.41 Å². The third-order valence-corrected chi connectivity index (χ3v) is 2.97. The van der Waals surface area contributed by atoms with Crippen LogP contribution in [0.5, 0.6) is 0 Å². The Morgan fingerprint density at radius 3 is 2.43 bits per heavy atom. The summed E-state index contributed by atoms with van der Waals surface area (Å²) in [6.45, 7) is 7.88. The molecule has 1 heteroatoms. The summed E-state index contributed by atoms with van der Waals surface area (Å²) in [5, 5.41) is 10.2. The van der Waals surface area contributed by atoms with E-state index in [4.69, 9.17) is 0 Å². The largest absolute Gasteiger partial charge is 0.388 e. The maximum absolute atomic E-state index is 10.2. The third kappa shape index (κ3) is 2.05. The molecule has 0 spiro atoms. The molecular formula is C13H18O. The molecule has 0 aliphatic heterocycles. The second-order valence-corrected chi connectivity index (χ2v) is 3.88. The van der Waals surface area contributed by atoms with Crippen LogP contribution in [0.4, 0.5) is 0 Å². The topological polar surface area (TPSA) is 20.2 Å². The first-order chi connectivity index (χ1) is 6.64. The van der Waals surface area contributed by atoms with Crippen LogP contribution in [0.25, 0.3) is 0 Å². The number of aliphatic hydroxyl groups excluding tert-OH is 1. The van der Waals surface area contributed by atoms with Gasteiger partial charge >= 0.3 is 0 Å². The lowest BCUT2D eigenvalue weighted by Crippen LogP contribution is -2.22. The zero-order chi connectivity index (χ0) is 10.6. The van der Waals surface area contributed by atoms with Gasteiger partial charge in [-0.15, -0.1) is 6.58 Å². The first-order valence-corrected chi connectivity index (χ1v) is 5.00. The molecule has 0 saturated heterocycles. The second-order valence-electron chi connectivity index (χ2n) is 3.88. The van der Waals surface area contributed by atoms with E-state index < -0.39 is 6.10 Å². The predicted molar refractivity (Wildman–Crippen MR) is 60.0 cm³/mol. The Balaban J connectivity index is 2.94. The fraction of sp³-hybridized carbons (Fsp3) is 0.385. The van der Waals surface area contributed by atoms with E-state index in [0.29, 0.717) is 0 Å². The van der Waals surface area contributed by atoms with Crippen molar-refractivity contribution >= 4 is 0 Å². The Kier molecular flexibility index (Phi) is 3.48. The Morgan fingerprint density at radius 2 is 2.00 bits per heavy atom. The Labute approximate surface area is 86.1 Å². The molecule has 0 bridgehead atoms. The zero-order valence-electron chi connectivity index (χ0n) is 8.90. The van der Waals surface area contributed by atoms with Gasteiger partial charge in [-0.3, -0.25) is 0 Å². The summed E-state index contributed by atoms with van der Waals surface area (Å²) in [5.41, 5.74) is 0.721. The Bertz CT molecular complexity index is 291. The molecule has 0 fully saturated rings. The fourth-order valence-corrected chi connectivity index (χ4v) is 1.47. The average Bonchev–Trinajstić information content (AvgIpc) is 2.28. The van der Waals surface area contributed by atoms with Gasteiger partial charge in [-0.25, -0.2) is 0 Å². The van der Waals surface area contributed by atoms with Crippen molar-refractivity contribution in [3.05, 3.63) is 48.6 Å². The van der Waals surface area contributed by atoms with Crippen LogP contribution in [0.3, 0.4) is 0 Å². The highest BCUT2D eigenvalue weighted by Crippen LogP contribution is 2.37. The third-order valence-electron chi connectivity index (χ3n) is 2.97. The van der Waals surface area contributed by atoms with Crippen molar-refractivity contribution < 1.29 is 5.11 Å². The molecule has 0 saturated carbocycles. The Morgan fingerprint density at radius 1 is 1.43 bits per heavy atom. The highest BCUT2D eigenvalue weighted by molar-refractivity contribution is 5.21. The standard InChI is InChI=1S/C13H18O/c1-4-13(3,5-2)12(14)11-9-7-6-8-10-11/h4,6-10,12,14H,1,5H2,2-3H3/t12-,13-/m1/s1. The van der Waals surface area contributed by atoms with Crippen molar-refractivity contribution in [3.63, 3.8) is 0 Å². The molecule has 0 aliphatic carbocycles. The van der Waals surface area contributed by atoms with Crippen LogP contribution in [0.2, 0.25) is 0 Å². The molecule has 14 heavy (non-hydrogen) atoms. The summed E-state index contributed by atoms with van der Waals surface area (Å²) in [4.78, 5) is 0. The lowest BCUT2D eigenvalue weighted by Gasteiger charge is -2.30. The molecular weight excluding hydrogens is 172 g/mol. The molecule has 0 amide bonds. The Hall–Kier alpha value is -1.08. The van der Waals surface area contributed by atoms with Crippen molar-refractivity contribution in [3.8, 4) is 0 Å². The van der Waals surface area contributed by atoms with E-state index in [1.54, 1.807) is 0 Å². The molecule has 1 aromatic rings. The van der Waals surface area contributed by atoms with Gasteiger partial charge in [-0.1, -0.05) is 50.3 Å². The SMILES string of the molecule is C=C[C@](C)(CC)[C@H](O)c1ccccc1. The van der Waals surface area contributed by atoms with Crippen LogP contribution >= 0.6 is 0 Å². The van der Waals surface area contributed by atoms with Gasteiger partial charge in [0.05, 0.1) is 6.10 Å². The summed E-state index contributed by atoms with van der Waals surface area (Å²) >= 11 is 0. The van der Waals surface area contributed by atoms with Gasteiger partial charge in [0.1, 0.15) is 0 Å². The molecule has 76 valence electrons. The van der Waals surface area contributed by atoms with Gasteiger partial charge in [0.25, 0.3) is 0 Å². The number of aliphatic hydroxyl groups is 1. The number of hydrogen-bond acceptors (Lipinski definition) is 1. The van der Waals surface area contributed by atoms with Gasteiger partial charge in [0.2, 0.25) is 0 Å². The lowest BCUT2D eigenvalue weighted by molar-refractivity contribution is 0.0673. The predicted octanol–water partition coefficient (Wildman–Crippen LogP) is 3.32. The van der Waals surface area contributed by atoms with Crippen LogP contribution < -0.4 is 0 Å². The second kappa shape index (κ2) is 4.43. The van der Waals surface area contributed by atoms with Crippen LogP contribution in [0.1, 0.15) is 31.9 Å². The van der Waals surface area contributed by atoms with Crippen molar-refractivity contribution in [1.29, 1.82) is 0 Å². The smallest absolute Gasteiger partial charge is 0.0877 e. The lowest BCUT2D eigenvalue weighted by atomic mass is 9.79. The van der Waals surface area contributed by atoms with Crippen LogP contribution in [-0.2, 0) is 0 Å². The van der Waals surface area contributed by atoms with Crippen molar-refractivity contribution in [2.75, 3.05) is 0 Å². The van der Waals surface area contributed by atoms with Crippen molar-refractivity contribution in [1.82, 2.24) is 0 Å². The van der Waals surface area contributed by atoms with Gasteiger partial charge in [-0.2, -0.15) is 0 Å². The molecule has 1 N–H and O–H groups in total. The summed E-state index contributed by atoms with van der Waals surface area (Å²) < 4.78 is 0. The van der Waals surface area contributed by atoms with E-state index in [-0.39, 0.29) is 5.41 Å². The van der Waals surface area contributed by atoms with E-state index in [9.17, 15) is 5.11 Å². The van der Waals surface area contributed by atoms with Gasteiger partial charge in [-0.05, 0) is 12.0 Å². The van der Waals surface area contributed by atoms with Crippen molar-refractivity contribution in [2.24, 2.45) is 5.41 Å². The van der Waals surface area contributed by atoms with E-state index in [2.05, 4.69) is 13.5 Å². The fourth-order valence-electron chi connectivity index (χ4n) is 1.47. The number of rotatable bonds is 4. The van der Waals surface area contributed by atoms with Gasteiger partial charge < -0.3 is 5.11 Å². The van der Waals surface area contributed by atoms with Gasteiger partial charge in [0.15, 0.2) is 0 Å². The van der Waals surface area contributed by atoms with E-state index >= 15 is 0 Å². The summed E-state index contributed by atoms with van der Waals surface area (Å²) in [6, 6.07) is 9.73. The monoisotopic (exact) mass is 190 g/mol. The molecule has 1 aromatic carbocycles. The summed E-state index contributed by atoms with van der Waals surface area (Å²) in [5.74, 6) is 0. The average molecular weight is 190 g/mol. The maximum atomic E-state index is 10.2. The summed E-state index contributed by atoms with van der Waals surface area (Å²) in [6.07, 6.45) is 2.25.